The van der Waals surface area contributed by atoms with Crippen LogP contribution in [0.25, 0.3) is 0 Å². The van der Waals surface area contributed by atoms with Gasteiger partial charge in [-0.2, -0.15) is 0 Å². The van der Waals surface area contributed by atoms with E-state index in [0.29, 0.717) is 11.8 Å². The van der Waals surface area contributed by atoms with Gasteiger partial charge in [0.25, 0.3) is 0 Å². The van der Waals surface area contributed by atoms with Crippen molar-refractivity contribution in [3.63, 3.8) is 0 Å². The fourth-order valence-corrected chi connectivity index (χ4v) is 1.47. The maximum absolute atomic E-state index is 5.03. The van der Waals surface area contributed by atoms with Gasteiger partial charge < -0.3 is 0 Å². The van der Waals surface area contributed by atoms with Gasteiger partial charge >= 0.3 is 0 Å². The Hall–Kier alpha value is -1.32. The molecule has 0 saturated carbocycles. The average molecular weight is 170 g/mol. The highest BCUT2D eigenvalue weighted by molar-refractivity contribution is 5.23. The van der Waals surface area contributed by atoms with Gasteiger partial charge in [-0.05, 0) is 31.1 Å². The minimum atomic E-state index is 0.462. The van der Waals surface area contributed by atoms with Crippen molar-refractivity contribution in [1.82, 2.24) is 0 Å². The predicted octanol–water partition coefficient (Wildman–Crippen LogP) is 2.45. The molecular weight excluding hydrogens is 156 g/mol. The summed E-state index contributed by atoms with van der Waals surface area (Å²) >= 11 is 0. The summed E-state index contributed by atoms with van der Waals surface area (Å²) < 4.78 is 0. The summed E-state index contributed by atoms with van der Waals surface area (Å²) in [5.41, 5.74) is 0. The van der Waals surface area contributed by atoms with Crippen LogP contribution in [-0.4, -0.2) is 0 Å². The molecule has 13 heavy (non-hydrogen) atoms. The van der Waals surface area contributed by atoms with Gasteiger partial charge in [0.05, 0.1) is 0 Å². The maximum atomic E-state index is 5.03. The van der Waals surface area contributed by atoms with E-state index < -0.39 is 0 Å². The topological polar surface area (TPSA) is 0 Å². The second kappa shape index (κ2) is 5.35. The van der Waals surface area contributed by atoms with Gasteiger partial charge in [-0.3, -0.25) is 0 Å². The van der Waals surface area contributed by atoms with E-state index in [4.69, 9.17) is 6.42 Å². The van der Waals surface area contributed by atoms with Crippen molar-refractivity contribution in [1.29, 1.82) is 0 Å². The zero-order valence-corrected chi connectivity index (χ0v) is 8.06. The molecule has 0 fully saturated rings. The molecule has 2 atom stereocenters. The Morgan fingerprint density at radius 1 is 1.31 bits per heavy atom. The SMILES string of the molecule is C#CC#CCC1C#CC(CC)CC1. The summed E-state index contributed by atoms with van der Waals surface area (Å²) in [6.07, 6.45) is 9.46. The largest absolute Gasteiger partial charge is 0.106 e. The van der Waals surface area contributed by atoms with Crippen molar-refractivity contribution < 1.29 is 0 Å². The molecule has 0 aliphatic heterocycles. The quantitative estimate of drug-likeness (QED) is 0.558. The van der Waals surface area contributed by atoms with E-state index in [1.54, 1.807) is 0 Å². The van der Waals surface area contributed by atoms with E-state index in [2.05, 4.69) is 36.5 Å². The lowest BCUT2D eigenvalue weighted by Gasteiger charge is -2.15. The molecule has 0 amide bonds. The number of hydrogen-bond acceptors (Lipinski definition) is 0. The zero-order valence-electron chi connectivity index (χ0n) is 8.06. The molecule has 1 aliphatic rings. The number of hydrogen-bond donors (Lipinski definition) is 0. The van der Waals surface area contributed by atoms with Gasteiger partial charge in [-0.15, -0.1) is 6.42 Å². The normalized spacial score (nSPS) is 24.6. The van der Waals surface area contributed by atoms with Crippen LogP contribution in [-0.2, 0) is 0 Å². The number of terminal acetylenes is 1. The Morgan fingerprint density at radius 2 is 2.00 bits per heavy atom. The molecule has 66 valence electrons. The molecule has 0 aromatic carbocycles. The van der Waals surface area contributed by atoms with E-state index >= 15 is 0 Å². The Kier molecular flexibility index (Phi) is 4.02. The fraction of sp³-hybridized carbons (Fsp3) is 0.538. The number of rotatable bonds is 2. The van der Waals surface area contributed by atoms with Gasteiger partial charge in [0, 0.05) is 18.3 Å². The summed E-state index contributed by atoms with van der Waals surface area (Å²) in [5.74, 6) is 15.5. The van der Waals surface area contributed by atoms with Crippen molar-refractivity contribution in [2.45, 2.75) is 32.6 Å². The molecule has 0 radical (unpaired) electrons. The summed E-state index contributed by atoms with van der Waals surface area (Å²) in [4.78, 5) is 0. The highest BCUT2D eigenvalue weighted by Crippen LogP contribution is 2.21. The lowest BCUT2D eigenvalue weighted by molar-refractivity contribution is 0.482. The fourth-order valence-electron chi connectivity index (χ4n) is 1.47. The molecule has 1 aliphatic carbocycles. The second-order valence-corrected chi connectivity index (χ2v) is 3.32. The summed E-state index contributed by atoms with van der Waals surface area (Å²) in [6.45, 7) is 2.19. The van der Waals surface area contributed by atoms with Crippen LogP contribution in [0.4, 0.5) is 0 Å². The summed E-state index contributed by atoms with van der Waals surface area (Å²) in [5, 5.41) is 0. The van der Waals surface area contributed by atoms with Crippen LogP contribution in [0.2, 0.25) is 0 Å². The van der Waals surface area contributed by atoms with Crippen LogP contribution in [0.15, 0.2) is 0 Å². The Balaban J connectivity index is 2.41. The molecule has 0 saturated heterocycles. The lowest BCUT2D eigenvalue weighted by atomic mass is 9.88. The molecule has 0 nitrogen and oxygen atoms in total. The third-order valence-electron chi connectivity index (χ3n) is 2.36. The monoisotopic (exact) mass is 170 g/mol. The second-order valence-electron chi connectivity index (χ2n) is 3.32. The van der Waals surface area contributed by atoms with Crippen molar-refractivity contribution in [2.24, 2.45) is 11.8 Å². The smallest absolute Gasteiger partial charge is 0.0313 e. The minimum Gasteiger partial charge on any atom is -0.106 e. The maximum Gasteiger partial charge on any atom is 0.0313 e. The Labute approximate surface area is 81.1 Å². The molecule has 0 spiro atoms. The first kappa shape index (κ1) is 9.77. The van der Waals surface area contributed by atoms with Gasteiger partial charge in [0.2, 0.25) is 0 Å². The third-order valence-corrected chi connectivity index (χ3v) is 2.36. The molecule has 0 heteroatoms. The van der Waals surface area contributed by atoms with E-state index in [0.717, 1.165) is 6.42 Å². The van der Waals surface area contributed by atoms with E-state index in [9.17, 15) is 0 Å². The molecule has 2 unspecified atom stereocenters. The van der Waals surface area contributed by atoms with Gasteiger partial charge in [-0.25, -0.2) is 0 Å². The highest BCUT2D eigenvalue weighted by atomic mass is 14.2. The molecule has 1 rings (SSSR count). The molecular formula is C13H14. The van der Waals surface area contributed by atoms with Crippen LogP contribution in [0, 0.1) is 47.9 Å². The van der Waals surface area contributed by atoms with Crippen molar-refractivity contribution in [3.05, 3.63) is 0 Å². The van der Waals surface area contributed by atoms with Crippen molar-refractivity contribution in [2.75, 3.05) is 0 Å². The standard InChI is InChI=1S/C13H14/c1-3-5-6-7-13-10-8-12(4-2)9-11-13/h1,12-13H,4,7-8,10H2,2H3. The van der Waals surface area contributed by atoms with Crippen LogP contribution in [0.3, 0.4) is 0 Å². The molecule has 0 bridgehead atoms. The zero-order chi connectivity index (χ0) is 9.52. The van der Waals surface area contributed by atoms with E-state index in [-0.39, 0.29) is 0 Å². The van der Waals surface area contributed by atoms with Crippen molar-refractivity contribution >= 4 is 0 Å². The lowest BCUT2D eigenvalue weighted by Crippen LogP contribution is -2.07. The molecule has 0 heterocycles. The molecule has 0 aromatic rings. The van der Waals surface area contributed by atoms with E-state index in [1.165, 1.54) is 19.3 Å². The average Bonchev–Trinajstić information content (AvgIpc) is 2.19. The first-order chi connectivity index (χ1) is 6.36. The third kappa shape index (κ3) is 3.27. The Bertz CT molecular complexity index is 308. The van der Waals surface area contributed by atoms with Crippen LogP contribution < -0.4 is 0 Å². The van der Waals surface area contributed by atoms with E-state index in [1.807, 2.05) is 0 Å². The predicted molar refractivity (Wildman–Crippen MR) is 55.5 cm³/mol. The minimum absolute atomic E-state index is 0.462. The Morgan fingerprint density at radius 3 is 2.54 bits per heavy atom. The first-order valence-corrected chi connectivity index (χ1v) is 4.81. The van der Waals surface area contributed by atoms with Gasteiger partial charge in [-0.1, -0.05) is 24.7 Å². The first-order valence-electron chi connectivity index (χ1n) is 4.81. The van der Waals surface area contributed by atoms with Gasteiger partial charge in [0.1, 0.15) is 0 Å². The van der Waals surface area contributed by atoms with Crippen LogP contribution in [0.5, 0.6) is 0 Å². The van der Waals surface area contributed by atoms with Crippen LogP contribution in [0.1, 0.15) is 32.6 Å². The highest BCUT2D eigenvalue weighted by Gasteiger charge is 2.12. The summed E-state index contributed by atoms with van der Waals surface area (Å²) in [7, 11) is 0. The van der Waals surface area contributed by atoms with Crippen LogP contribution >= 0.6 is 0 Å². The molecule has 0 aromatic heterocycles. The molecule has 0 N–H and O–H groups in total. The van der Waals surface area contributed by atoms with Crippen molar-refractivity contribution in [3.8, 4) is 36.0 Å². The summed E-state index contributed by atoms with van der Waals surface area (Å²) in [6, 6.07) is 0. The van der Waals surface area contributed by atoms with Gasteiger partial charge in [0.15, 0.2) is 0 Å².